The molecule has 1 aromatic carbocycles. The van der Waals surface area contributed by atoms with E-state index >= 15 is 0 Å². The molecule has 0 atom stereocenters. The Labute approximate surface area is 102 Å². The number of carboxylic acid groups (broad SMARTS) is 1. The van der Waals surface area contributed by atoms with Gasteiger partial charge in [0.25, 0.3) is 0 Å². The summed E-state index contributed by atoms with van der Waals surface area (Å²) in [5.41, 5.74) is 5.63. The summed E-state index contributed by atoms with van der Waals surface area (Å²) in [6, 6.07) is 2.75. The second-order valence-corrected chi connectivity index (χ2v) is 3.80. The van der Waals surface area contributed by atoms with Gasteiger partial charge in [-0.05, 0) is 19.1 Å². The summed E-state index contributed by atoms with van der Waals surface area (Å²) in [6.45, 7) is 1.68. The van der Waals surface area contributed by atoms with Crippen LogP contribution < -0.4 is 16.1 Å². The van der Waals surface area contributed by atoms with Gasteiger partial charge in [-0.25, -0.2) is 9.59 Å². The monoisotopic (exact) mass is 249 g/mol. The summed E-state index contributed by atoms with van der Waals surface area (Å²) < 4.78 is 10.1. The van der Waals surface area contributed by atoms with E-state index in [4.69, 9.17) is 20.0 Å². The van der Waals surface area contributed by atoms with Crippen LogP contribution >= 0.6 is 0 Å². The zero-order chi connectivity index (χ0) is 13.4. The number of hydrogen-bond donors (Lipinski definition) is 2. The normalized spacial score (nSPS) is 10.6. The summed E-state index contributed by atoms with van der Waals surface area (Å²) in [5.74, 6) is -0.925. The number of rotatable bonds is 2. The van der Waals surface area contributed by atoms with Gasteiger partial charge in [0.05, 0.1) is 12.8 Å². The van der Waals surface area contributed by atoms with Crippen molar-refractivity contribution < 1.29 is 19.1 Å². The molecule has 0 amide bonds. The zero-order valence-electron chi connectivity index (χ0n) is 9.81. The number of nitrogens with two attached hydrogens (primary N) is 1. The number of aryl methyl sites for hydroxylation is 1. The van der Waals surface area contributed by atoms with Gasteiger partial charge in [-0.15, -0.1) is 0 Å². The van der Waals surface area contributed by atoms with E-state index in [2.05, 4.69) is 0 Å². The number of carboxylic acids is 1. The van der Waals surface area contributed by atoms with Crippen LogP contribution in [-0.2, 0) is 0 Å². The first kappa shape index (κ1) is 12.0. The third-order valence-electron chi connectivity index (χ3n) is 2.67. The van der Waals surface area contributed by atoms with Crippen LogP contribution in [0.2, 0.25) is 0 Å². The molecule has 2 rings (SSSR count). The molecule has 0 fully saturated rings. The number of aromatic carboxylic acids is 1. The third-order valence-corrected chi connectivity index (χ3v) is 2.67. The van der Waals surface area contributed by atoms with E-state index in [-0.39, 0.29) is 5.58 Å². The van der Waals surface area contributed by atoms with Crippen LogP contribution in [-0.4, -0.2) is 18.2 Å². The molecule has 0 aliphatic carbocycles. The molecule has 0 saturated heterocycles. The van der Waals surface area contributed by atoms with Gasteiger partial charge in [-0.3, -0.25) is 0 Å². The Hall–Kier alpha value is -2.50. The van der Waals surface area contributed by atoms with Crippen LogP contribution in [0.1, 0.15) is 15.9 Å². The Kier molecular flexibility index (Phi) is 2.70. The lowest BCUT2D eigenvalue weighted by Crippen LogP contribution is -2.13. The van der Waals surface area contributed by atoms with E-state index in [0.29, 0.717) is 22.4 Å². The minimum Gasteiger partial charge on any atom is -0.494 e. The zero-order valence-corrected chi connectivity index (χ0v) is 9.81. The van der Waals surface area contributed by atoms with Crippen LogP contribution in [0.4, 0.5) is 5.69 Å². The fraction of sp³-hybridized carbons (Fsp3) is 0.167. The Morgan fingerprint density at radius 2 is 2.11 bits per heavy atom. The van der Waals surface area contributed by atoms with Gasteiger partial charge >= 0.3 is 11.6 Å². The van der Waals surface area contributed by atoms with Crippen LogP contribution in [0.25, 0.3) is 11.0 Å². The van der Waals surface area contributed by atoms with Gasteiger partial charge in [0.15, 0.2) is 0 Å². The highest BCUT2D eigenvalue weighted by Crippen LogP contribution is 2.32. The van der Waals surface area contributed by atoms with E-state index < -0.39 is 17.2 Å². The molecule has 6 heteroatoms. The highest BCUT2D eigenvalue weighted by molar-refractivity contribution is 5.94. The average Bonchev–Trinajstić information content (AvgIpc) is 2.30. The molecule has 0 saturated carbocycles. The highest BCUT2D eigenvalue weighted by Gasteiger charge is 2.16. The fourth-order valence-electron chi connectivity index (χ4n) is 1.86. The first-order valence-corrected chi connectivity index (χ1v) is 5.10. The molecule has 0 spiro atoms. The predicted molar refractivity (Wildman–Crippen MR) is 65.1 cm³/mol. The number of ether oxygens (including phenoxy) is 1. The molecule has 0 aliphatic rings. The van der Waals surface area contributed by atoms with Gasteiger partial charge in [-0.1, -0.05) is 0 Å². The Morgan fingerprint density at radius 1 is 1.44 bits per heavy atom. The number of nitrogen functional groups attached to an aromatic ring is 1. The topological polar surface area (TPSA) is 103 Å². The van der Waals surface area contributed by atoms with Gasteiger partial charge < -0.3 is 20.0 Å². The largest absolute Gasteiger partial charge is 0.494 e. The van der Waals surface area contributed by atoms with Crippen LogP contribution in [0.3, 0.4) is 0 Å². The standard InChI is InChI=1S/C12H11NO5/c1-5-9-6(4-8(13)10(5)17-2)3-7(11(14)15)12(16)18-9/h3-4H,13H2,1-2H3,(H,14,15). The quantitative estimate of drug-likeness (QED) is 0.615. The number of methoxy groups -OCH3 is 1. The van der Waals surface area contributed by atoms with Gasteiger partial charge in [-0.2, -0.15) is 0 Å². The Morgan fingerprint density at radius 3 is 2.67 bits per heavy atom. The highest BCUT2D eigenvalue weighted by atomic mass is 16.5. The van der Waals surface area contributed by atoms with Gasteiger partial charge in [0.1, 0.15) is 16.9 Å². The maximum absolute atomic E-state index is 11.5. The molecular formula is C12H11NO5. The van der Waals surface area contributed by atoms with Gasteiger partial charge in [0, 0.05) is 10.9 Å². The lowest BCUT2D eigenvalue weighted by atomic mass is 10.1. The van der Waals surface area contributed by atoms with Crippen molar-refractivity contribution in [3.63, 3.8) is 0 Å². The summed E-state index contributed by atoms with van der Waals surface area (Å²) in [6.07, 6.45) is 0. The number of fused-ring (bicyclic) bond motifs is 1. The van der Waals surface area contributed by atoms with Crippen LogP contribution in [0, 0.1) is 6.92 Å². The maximum atomic E-state index is 11.5. The minimum atomic E-state index is -1.34. The molecule has 6 nitrogen and oxygen atoms in total. The summed E-state index contributed by atoms with van der Waals surface area (Å²) >= 11 is 0. The Bertz CT molecular complexity index is 702. The lowest BCUT2D eigenvalue weighted by molar-refractivity contribution is 0.0692. The summed E-state index contributed by atoms with van der Waals surface area (Å²) in [4.78, 5) is 22.3. The first-order valence-electron chi connectivity index (χ1n) is 5.10. The average molecular weight is 249 g/mol. The molecule has 18 heavy (non-hydrogen) atoms. The van der Waals surface area contributed by atoms with Crippen LogP contribution in [0.5, 0.6) is 5.75 Å². The number of anilines is 1. The molecular weight excluding hydrogens is 238 g/mol. The third kappa shape index (κ3) is 1.67. The second kappa shape index (κ2) is 4.06. The minimum absolute atomic E-state index is 0.274. The van der Waals surface area contributed by atoms with Crippen LogP contribution in [0.15, 0.2) is 21.3 Å². The second-order valence-electron chi connectivity index (χ2n) is 3.80. The molecule has 1 heterocycles. The van der Waals surface area contributed by atoms with Crippen molar-refractivity contribution in [1.29, 1.82) is 0 Å². The number of benzene rings is 1. The maximum Gasteiger partial charge on any atom is 0.351 e. The molecule has 3 N–H and O–H groups in total. The fourth-order valence-corrected chi connectivity index (χ4v) is 1.86. The molecule has 1 aromatic heterocycles. The van der Waals surface area contributed by atoms with Crippen molar-refractivity contribution in [1.82, 2.24) is 0 Å². The molecule has 0 aliphatic heterocycles. The molecule has 0 unspecified atom stereocenters. The molecule has 94 valence electrons. The van der Waals surface area contributed by atoms with E-state index in [1.54, 1.807) is 6.92 Å². The van der Waals surface area contributed by atoms with Crippen molar-refractivity contribution in [3.05, 3.63) is 33.7 Å². The molecule has 0 bridgehead atoms. The van der Waals surface area contributed by atoms with Gasteiger partial charge in [0.2, 0.25) is 0 Å². The van der Waals surface area contributed by atoms with E-state index in [1.807, 2.05) is 0 Å². The van der Waals surface area contributed by atoms with E-state index in [9.17, 15) is 9.59 Å². The Balaban J connectivity index is 2.90. The lowest BCUT2D eigenvalue weighted by Gasteiger charge is -2.10. The first-order chi connectivity index (χ1) is 8.45. The molecule has 2 aromatic rings. The summed E-state index contributed by atoms with van der Waals surface area (Å²) in [5, 5.41) is 9.30. The van der Waals surface area contributed by atoms with Crippen molar-refractivity contribution in [3.8, 4) is 5.75 Å². The van der Waals surface area contributed by atoms with Crippen molar-refractivity contribution >= 4 is 22.6 Å². The predicted octanol–water partition coefficient (Wildman–Crippen LogP) is 1.39. The number of carbonyl (C=O) groups is 1. The van der Waals surface area contributed by atoms with E-state index in [1.165, 1.54) is 19.2 Å². The van der Waals surface area contributed by atoms with Crippen molar-refractivity contribution in [2.45, 2.75) is 6.92 Å². The van der Waals surface area contributed by atoms with Crippen molar-refractivity contribution in [2.75, 3.05) is 12.8 Å². The summed E-state index contributed by atoms with van der Waals surface area (Å²) in [7, 11) is 1.45. The van der Waals surface area contributed by atoms with E-state index in [0.717, 1.165) is 0 Å². The SMILES string of the molecule is COc1c(N)cc2cc(C(=O)O)c(=O)oc2c1C. The smallest absolute Gasteiger partial charge is 0.351 e. The van der Waals surface area contributed by atoms with Crippen molar-refractivity contribution in [2.24, 2.45) is 0 Å². The number of hydrogen-bond acceptors (Lipinski definition) is 5. The molecule has 0 radical (unpaired) electrons.